The molecule has 2 aromatic rings. The SMILES string of the molecule is O=Cc1ccc(-c2ccc(Cl)c(Cl)c2Cl)cc1Cl. The predicted octanol–water partition coefficient (Wildman–Crippen LogP) is 5.78. The van der Waals surface area contributed by atoms with Crippen LogP contribution in [0.15, 0.2) is 30.3 Å². The number of hydrogen-bond acceptors (Lipinski definition) is 1. The predicted molar refractivity (Wildman–Crippen MR) is 77.3 cm³/mol. The molecule has 0 spiro atoms. The summed E-state index contributed by atoms with van der Waals surface area (Å²) in [4.78, 5) is 10.7. The summed E-state index contributed by atoms with van der Waals surface area (Å²) in [6, 6.07) is 8.46. The highest BCUT2D eigenvalue weighted by Gasteiger charge is 2.11. The van der Waals surface area contributed by atoms with Crippen molar-refractivity contribution in [3.63, 3.8) is 0 Å². The molecule has 0 aliphatic carbocycles. The van der Waals surface area contributed by atoms with Crippen molar-refractivity contribution in [1.82, 2.24) is 0 Å². The number of benzene rings is 2. The molecule has 92 valence electrons. The van der Waals surface area contributed by atoms with Crippen LogP contribution in [0.3, 0.4) is 0 Å². The quantitative estimate of drug-likeness (QED) is 0.506. The Kier molecular flexibility index (Phi) is 4.18. The van der Waals surface area contributed by atoms with Crippen molar-refractivity contribution < 1.29 is 4.79 Å². The third-order valence-electron chi connectivity index (χ3n) is 2.47. The van der Waals surface area contributed by atoms with Crippen molar-refractivity contribution in [2.45, 2.75) is 0 Å². The molecule has 5 heteroatoms. The summed E-state index contributed by atoms with van der Waals surface area (Å²) in [7, 11) is 0. The van der Waals surface area contributed by atoms with E-state index in [9.17, 15) is 4.79 Å². The number of hydrogen-bond donors (Lipinski definition) is 0. The lowest BCUT2D eigenvalue weighted by Crippen LogP contribution is -1.86. The molecule has 0 atom stereocenters. The van der Waals surface area contributed by atoms with Gasteiger partial charge in [0.05, 0.1) is 20.1 Å². The number of carbonyl (C=O) groups is 1. The number of rotatable bonds is 2. The van der Waals surface area contributed by atoms with Crippen molar-refractivity contribution in [1.29, 1.82) is 0 Å². The molecule has 0 aliphatic rings. The van der Waals surface area contributed by atoms with Gasteiger partial charge in [-0.1, -0.05) is 58.5 Å². The van der Waals surface area contributed by atoms with Crippen molar-refractivity contribution in [2.75, 3.05) is 0 Å². The van der Waals surface area contributed by atoms with Crippen molar-refractivity contribution in [3.8, 4) is 11.1 Å². The van der Waals surface area contributed by atoms with Crippen LogP contribution in [-0.4, -0.2) is 6.29 Å². The lowest BCUT2D eigenvalue weighted by molar-refractivity contribution is 0.112. The third-order valence-corrected chi connectivity index (χ3v) is 4.09. The fourth-order valence-corrected chi connectivity index (χ4v) is 2.41. The van der Waals surface area contributed by atoms with Gasteiger partial charge in [-0.25, -0.2) is 0 Å². The van der Waals surface area contributed by atoms with E-state index < -0.39 is 0 Å². The maximum Gasteiger partial charge on any atom is 0.151 e. The zero-order chi connectivity index (χ0) is 13.3. The summed E-state index contributed by atoms with van der Waals surface area (Å²) >= 11 is 23.9. The fourth-order valence-electron chi connectivity index (χ4n) is 1.54. The first-order valence-corrected chi connectivity index (χ1v) is 6.44. The van der Waals surface area contributed by atoms with Gasteiger partial charge in [0.25, 0.3) is 0 Å². The van der Waals surface area contributed by atoms with E-state index in [0.717, 1.165) is 5.56 Å². The van der Waals surface area contributed by atoms with Gasteiger partial charge in [-0.05, 0) is 23.8 Å². The van der Waals surface area contributed by atoms with Crippen LogP contribution in [0.2, 0.25) is 20.1 Å². The van der Waals surface area contributed by atoms with Gasteiger partial charge < -0.3 is 0 Å². The molecule has 0 bridgehead atoms. The van der Waals surface area contributed by atoms with E-state index in [1.165, 1.54) is 0 Å². The molecule has 2 aromatic carbocycles. The Labute approximate surface area is 124 Å². The van der Waals surface area contributed by atoms with Gasteiger partial charge in [0.15, 0.2) is 6.29 Å². The molecule has 0 aromatic heterocycles. The second-order valence-electron chi connectivity index (χ2n) is 3.58. The lowest BCUT2D eigenvalue weighted by Gasteiger charge is -2.08. The van der Waals surface area contributed by atoms with Gasteiger partial charge >= 0.3 is 0 Å². The number of halogens is 4. The Hall–Kier alpha value is -0.730. The summed E-state index contributed by atoms with van der Waals surface area (Å²) in [6.07, 6.45) is 0.697. The minimum absolute atomic E-state index is 0.298. The summed E-state index contributed by atoms with van der Waals surface area (Å²) in [5, 5.41) is 1.41. The third kappa shape index (κ3) is 2.50. The van der Waals surface area contributed by atoms with E-state index in [4.69, 9.17) is 46.4 Å². The first kappa shape index (κ1) is 13.7. The summed E-state index contributed by atoms with van der Waals surface area (Å²) in [5.74, 6) is 0. The highest BCUT2D eigenvalue weighted by Crippen LogP contribution is 2.38. The van der Waals surface area contributed by atoms with Crippen LogP contribution in [0.25, 0.3) is 11.1 Å². The smallest absolute Gasteiger partial charge is 0.151 e. The van der Waals surface area contributed by atoms with E-state index in [1.807, 2.05) is 0 Å². The standard InChI is InChI=1S/C13H6Cl4O/c14-10-4-3-9(12(16)13(10)17)7-1-2-8(6-18)11(15)5-7/h1-6H. The zero-order valence-corrected chi connectivity index (χ0v) is 11.9. The van der Waals surface area contributed by atoms with Crippen LogP contribution in [0.4, 0.5) is 0 Å². The Bertz CT molecular complexity index is 623. The monoisotopic (exact) mass is 318 g/mol. The van der Waals surface area contributed by atoms with Crippen LogP contribution < -0.4 is 0 Å². The normalized spacial score (nSPS) is 10.4. The molecular weight excluding hydrogens is 314 g/mol. The molecule has 0 unspecified atom stereocenters. The molecular formula is C13H6Cl4O. The van der Waals surface area contributed by atoms with Crippen molar-refractivity contribution >= 4 is 52.7 Å². The number of aldehydes is 1. The van der Waals surface area contributed by atoms with Gasteiger partial charge in [0, 0.05) is 11.1 Å². The average Bonchev–Trinajstić information content (AvgIpc) is 2.36. The average molecular weight is 320 g/mol. The minimum atomic E-state index is 0.298. The molecule has 0 radical (unpaired) electrons. The van der Waals surface area contributed by atoms with E-state index >= 15 is 0 Å². The Morgan fingerprint density at radius 3 is 2.17 bits per heavy atom. The van der Waals surface area contributed by atoms with E-state index in [-0.39, 0.29) is 0 Å². The van der Waals surface area contributed by atoms with Gasteiger partial charge in [-0.3, -0.25) is 4.79 Å². The van der Waals surface area contributed by atoms with Gasteiger partial charge in [0.1, 0.15) is 0 Å². The number of carbonyl (C=O) groups excluding carboxylic acids is 1. The van der Waals surface area contributed by atoms with Crippen LogP contribution >= 0.6 is 46.4 Å². The first-order chi connectivity index (χ1) is 8.54. The molecule has 0 N–H and O–H groups in total. The second-order valence-corrected chi connectivity index (χ2v) is 5.15. The molecule has 0 heterocycles. The van der Waals surface area contributed by atoms with Gasteiger partial charge in [-0.2, -0.15) is 0 Å². The highest BCUT2D eigenvalue weighted by molar-refractivity contribution is 6.49. The molecule has 1 nitrogen and oxygen atoms in total. The largest absolute Gasteiger partial charge is 0.298 e. The zero-order valence-electron chi connectivity index (χ0n) is 8.88. The minimum Gasteiger partial charge on any atom is -0.298 e. The Balaban J connectivity index is 2.59. The van der Waals surface area contributed by atoms with Crippen LogP contribution in [0, 0.1) is 0 Å². The van der Waals surface area contributed by atoms with Crippen LogP contribution in [0.5, 0.6) is 0 Å². The molecule has 0 fully saturated rings. The van der Waals surface area contributed by atoms with E-state index in [2.05, 4.69) is 0 Å². The molecule has 2 rings (SSSR count). The highest BCUT2D eigenvalue weighted by atomic mass is 35.5. The van der Waals surface area contributed by atoms with E-state index in [1.54, 1.807) is 30.3 Å². The van der Waals surface area contributed by atoms with Gasteiger partial charge in [-0.15, -0.1) is 0 Å². The van der Waals surface area contributed by atoms with Crippen molar-refractivity contribution in [3.05, 3.63) is 56.0 Å². The molecule has 0 saturated heterocycles. The van der Waals surface area contributed by atoms with Crippen molar-refractivity contribution in [2.24, 2.45) is 0 Å². The Morgan fingerprint density at radius 2 is 1.56 bits per heavy atom. The second kappa shape index (κ2) is 5.50. The lowest BCUT2D eigenvalue weighted by atomic mass is 10.0. The molecule has 0 aliphatic heterocycles. The molecule has 0 saturated carbocycles. The topological polar surface area (TPSA) is 17.1 Å². The molecule has 0 amide bonds. The Morgan fingerprint density at radius 1 is 0.833 bits per heavy atom. The molecule has 18 heavy (non-hydrogen) atoms. The summed E-state index contributed by atoms with van der Waals surface area (Å²) < 4.78 is 0. The van der Waals surface area contributed by atoms with E-state index in [0.29, 0.717) is 37.5 Å². The fraction of sp³-hybridized carbons (Fsp3) is 0. The van der Waals surface area contributed by atoms with Crippen LogP contribution in [0.1, 0.15) is 10.4 Å². The summed E-state index contributed by atoms with van der Waals surface area (Å²) in [6.45, 7) is 0. The maximum absolute atomic E-state index is 10.7. The van der Waals surface area contributed by atoms with Crippen LogP contribution in [-0.2, 0) is 0 Å². The maximum atomic E-state index is 10.7. The first-order valence-electron chi connectivity index (χ1n) is 4.93. The van der Waals surface area contributed by atoms with Gasteiger partial charge in [0.2, 0.25) is 0 Å². The summed E-state index contributed by atoms with van der Waals surface area (Å²) in [5.41, 5.74) is 1.91.